The molecule has 0 aliphatic rings. The van der Waals surface area contributed by atoms with Crippen molar-refractivity contribution in [3.63, 3.8) is 0 Å². The number of carbonyl (C=O) groups is 1. The molecule has 2 aromatic heterocycles. The summed E-state index contributed by atoms with van der Waals surface area (Å²) in [7, 11) is 1.25. The number of hydroxylamine groups is 1. The molecule has 2 heterocycles. The zero-order valence-electron chi connectivity index (χ0n) is 15.2. The summed E-state index contributed by atoms with van der Waals surface area (Å²) in [6.07, 6.45) is -1.50. The first-order valence-corrected chi connectivity index (χ1v) is 8.24. The summed E-state index contributed by atoms with van der Waals surface area (Å²) in [5.41, 5.74) is 0.257. The molecule has 11 heteroatoms. The number of pyridine rings is 2. The number of aromatic nitrogens is 2. The van der Waals surface area contributed by atoms with Crippen molar-refractivity contribution in [2.75, 3.05) is 7.11 Å². The molecule has 0 unspecified atom stereocenters. The number of nitrogens with zero attached hydrogens (tertiary/aromatic N) is 2. The number of amides is 1. The van der Waals surface area contributed by atoms with E-state index in [1.54, 1.807) is 0 Å². The predicted octanol–water partition coefficient (Wildman–Crippen LogP) is 4.16. The van der Waals surface area contributed by atoms with Gasteiger partial charge in [-0.15, -0.1) is 0 Å². The molecule has 0 aliphatic heterocycles. The molecule has 0 aliphatic carbocycles. The fraction of sp³-hybridized carbons (Fsp3) is 0.105. The van der Waals surface area contributed by atoms with Gasteiger partial charge in [-0.25, -0.2) is 9.37 Å². The number of hydrogen-bond acceptors (Lipinski definition) is 6. The molecule has 0 radical (unpaired) electrons. The van der Waals surface area contributed by atoms with E-state index in [-0.39, 0.29) is 17.2 Å². The maximum absolute atomic E-state index is 13.4. The fourth-order valence-electron chi connectivity index (χ4n) is 2.25. The number of halogens is 4. The van der Waals surface area contributed by atoms with E-state index in [0.29, 0.717) is 12.3 Å². The third kappa shape index (κ3) is 4.93. The first kappa shape index (κ1) is 20.8. The fourth-order valence-corrected chi connectivity index (χ4v) is 2.25. The van der Waals surface area contributed by atoms with Crippen LogP contribution in [-0.2, 0) is 6.18 Å². The molecule has 156 valence electrons. The van der Waals surface area contributed by atoms with Gasteiger partial charge in [0.15, 0.2) is 17.2 Å². The first-order chi connectivity index (χ1) is 14.3. The average Bonchev–Trinajstić information content (AvgIpc) is 2.73. The largest absolute Gasteiger partial charge is 0.493 e. The van der Waals surface area contributed by atoms with Crippen LogP contribution in [0.1, 0.15) is 15.9 Å². The number of ether oxygens (including phenoxy) is 2. The van der Waals surface area contributed by atoms with E-state index in [9.17, 15) is 22.4 Å². The third-order valence-electron chi connectivity index (χ3n) is 3.65. The molecule has 1 amide bonds. The van der Waals surface area contributed by atoms with Crippen molar-refractivity contribution < 1.29 is 36.7 Å². The monoisotopic (exact) mass is 423 g/mol. The lowest BCUT2D eigenvalue weighted by molar-refractivity contribution is -0.137. The lowest BCUT2D eigenvalue weighted by atomic mass is 10.2. The van der Waals surface area contributed by atoms with Crippen molar-refractivity contribution in [1.29, 1.82) is 0 Å². The number of benzene rings is 1. The summed E-state index contributed by atoms with van der Waals surface area (Å²) in [6, 6.07) is 6.79. The van der Waals surface area contributed by atoms with E-state index in [1.807, 2.05) is 5.48 Å². The maximum atomic E-state index is 13.4. The minimum atomic E-state index is -4.75. The van der Waals surface area contributed by atoms with Crippen molar-refractivity contribution >= 4 is 5.91 Å². The number of hydrogen-bond donors (Lipinski definition) is 1. The lowest BCUT2D eigenvalue weighted by Gasteiger charge is -2.15. The molecule has 0 spiro atoms. The average molecular weight is 423 g/mol. The Hall–Kier alpha value is -3.89. The standard InChI is InChI=1S/C19H13F4N3O4/c1-28-16-8-12(20)4-5-15(16)29-18-14(7-11(9-25-18)19(21,22)23)17(27)26-30-13-3-2-6-24-10-13/h2-10H,1H3,(H,26,27). The van der Waals surface area contributed by atoms with Crippen molar-refractivity contribution in [2.24, 2.45) is 0 Å². The van der Waals surface area contributed by atoms with Crippen LogP contribution in [0, 0.1) is 5.82 Å². The van der Waals surface area contributed by atoms with Gasteiger partial charge in [0.1, 0.15) is 11.4 Å². The molecular weight excluding hydrogens is 410 g/mol. The Bertz CT molecular complexity index is 1050. The quantitative estimate of drug-likeness (QED) is 0.474. The molecule has 3 aromatic rings. The highest BCUT2D eigenvalue weighted by molar-refractivity contribution is 5.96. The number of methoxy groups -OCH3 is 1. The SMILES string of the molecule is COc1cc(F)ccc1Oc1ncc(C(F)(F)F)cc1C(=O)NOc1cccnc1. The van der Waals surface area contributed by atoms with E-state index in [0.717, 1.165) is 12.1 Å². The Morgan fingerprint density at radius 3 is 2.57 bits per heavy atom. The van der Waals surface area contributed by atoms with Gasteiger partial charge in [0.25, 0.3) is 5.91 Å². The van der Waals surface area contributed by atoms with Gasteiger partial charge >= 0.3 is 6.18 Å². The maximum Gasteiger partial charge on any atom is 0.417 e. The lowest BCUT2D eigenvalue weighted by Crippen LogP contribution is -2.28. The highest BCUT2D eigenvalue weighted by Gasteiger charge is 2.33. The zero-order valence-corrected chi connectivity index (χ0v) is 15.2. The number of carbonyl (C=O) groups excluding carboxylic acids is 1. The van der Waals surface area contributed by atoms with Crippen molar-refractivity contribution in [3.8, 4) is 23.1 Å². The van der Waals surface area contributed by atoms with Crippen LogP contribution in [0.15, 0.2) is 55.0 Å². The summed E-state index contributed by atoms with van der Waals surface area (Å²) < 4.78 is 63.0. The predicted molar refractivity (Wildman–Crippen MR) is 94.6 cm³/mol. The van der Waals surface area contributed by atoms with Crippen LogP contribution in [0.5, 0.6) is 23.1 Å². The molecule has 1 aromatic carbocycles. The van der Waals surface area contributed by atoms with Gasteiger partial charge in [-0.1, -0.05) is 0 Å². The molecule has 0 fully saturated rings. The molecule has 7 nitrogen and oxygen atoms in total. The zero-order chi connectivity index (χ0) is 21.7. The third-order valence-corrected chi connectivity index (χ3v) is 3.65. The van der Waals surface area contributed by atoms with E-state index in [4.69, 9.17) is 14.3 Å². The summed E-state index contributed by atoms with van der Waals surface area (Å²) >= 11 is 0. The number of rotatable bonds is 6. The van der Waals surface area contributed by atoms with Crippen LogP contribution in [0.4, 0.5) is 17.6 Å². The van der Waals surface area contributed by atoms with E-state index >= 15 is 0 Å². The molecule has 30 heavy (non-hydrogen) atoms. The Kier molecular flexibility index (Phi) is 6.00. The first-order valence-electron chi connectivity index (χ1n) is 8.24. The van der Waals surface area contributed by atoms with Gasteiger partial charge in [-0.3, -0.25) is 9.78 Å². The minimum absolute atomic E-state index is 0.0466. The number of nitrogens with one attached hydrogen (secondary N) is 1. The Balaban J connectivity index is 1.93. The highest BCUT2D eigenvalue weighted by atomic mass is 19.4. The van der Waals surface area contributed by atoms with Gasteiger partial charge in [0.05, 0.1) is 18.9 Å². The Morgan fingerprint density at radius 1 is 1.10 bits per heavy atom. The molecule has 0 bridgehead atoms. The molecule has 1 N–H and O–H groups in total. The molecule has 0 saturated heterocycles. The highest BCUT2D eigenvalue weighted by Crippen LogP contribution is 2.35. The van der Waals surface area contributed by atoms with E-state index in [1.165, 1.54) is 37.7 Å². The Morgan fingerprint density at radius 2 is 1.90 bits per heavy atom. The second-order valence-corrected chi connectivity index (χ2v) is 5.69. The normalized spacial score (nSPS) is 11.0. The van der Waals surface area contributed by atoms with Crippen molar-refractivity contribution in [2.45, 2.75) is 6.18 Å². The molecule has 0 saturated carbocycles. The van der Waals surface area contributed by atoms with Crippen LogP contribution in [0.3, 0.4) is 0 Å². The Labute approximate surface area is 167 Å². The summed E-state index contributed by atoms with van der Waals surface area (Å²) in [5.74, 6) is -2.12. The van der Waals surface area contributed by atoms with Crippen molar-refractivity contribution in [3.05, 3.63) is 71.9 Å². The van der Waals surface area contributed by atoms with Gasteiger partial charge in [-0.2, -0.15) is 18.7 Å². The van der Waals surface area contributed by atoms with Gasteiger partial charge in [0.2, 0.25) is 5.88 Å². The summed E-state index contributed by atoms with van der Waals surface area (Å²) in [4.78, 5) is 24.9. The van der Waals surface area contributed by atoms with Crippen LogP contribution < -0.4 is 19.8 Å². The summed E-state index contributed by atoms with van der Waals surface area (Å²) in [6.45, 7) is 0. The van der Waals surface area contributed by atoms with Crippen LogP contribution in [0.25, 0.3) is 0 Å². The van der Waals surface area contributed by atoms with Gasteiger partial charge in [-0.05, 0) is 30.3 Å². The van der Waals surface area contributed by atoms with Crippen molar-refractivity contribution in [1.82, 2.24) is 15.4 Å². The molecule has 0 atom stereocenters. The van der Waals surface area contributed by atoms with E-state index in [2.05, 4.69) is 9.97 Å². The number of alkyl halides is 3. The van der Waals surface area contributed by atoms with Gasteiger partial charge < -0.3 is 14.3 Å². The van der Waals surface area contributed by atoms with Crippen LogP contribution in [-0.4, -0.2) is 23.0 Å². The molecular formula is C19H13F4N3O4. The topological polar surface area (TPSA) is 82.6 Å². The van der Waals surface area contributed by atoms with Crippen LogP contribution >= 0.6 is 0 Å². The molecule has 3 rings (SSSR count). The van der Waals surface area contributed by atoms with E-state index < -0.39 is 34.9 Å². The second-order valence-electron chi connectivity index (χ2n) is 5.69. The summed E-state index contributed by atoms with van der Waals surface area (Å²) in [5, 5.41) is 0. The van der Waals surface area contributed by atoms with Crippen LogP contribution in [0.2, 0.25) is 0 Å². The smallest absolute Gasteiger partial charge is 0.417 e. The minimum Gasteiger partial charge on any atom is -0.493 e. The second kappa shape index (κ2) is 8.64. The van der Waals surface area contributed by atoms with Gasteiger partial charge in [0, 0.05) is 18.5 Å².